The minimum atomic E-state index is -2.83. The Kier molecular flexibility index (Phi) is 44.4. The highest BCUT2D eigenvalue weighted by Gasteiger charge is 2.53. The number of carbonyl (C=O) groups is 3. The third-order valence-corrected chi connectivity index (χ3v) is 12.3. The smallest absolute Gasteiger partial charge is 0.189 e. The van der Waals surface area contributed by atoms with E-state index in [2.05, 4.69) is 81.5 Å². The summed E-state index contributed by atoms with van der Waals surface area (Å²) in [6.45, 7) is 6.69. The van der Waals surface area contributed by atoms with Gasteiger partial charge in [0.2, 0.25) is 0 Å². The molecule has 0 saturated carbocycles. The fraction of sp³-hybridized carbons (Fsp3) is 0.772. The van der Waals surface area contributed by atoms with Crippen molar-refractivity contribution >= 4 is 17.3 Å². The van der Waals surface area contributed by atoms with Crippen LogP contribution in [0.15, 0.2) is 60.8 Å². The second kappa shape index (κ2) is 46.1. The lowest BCUT2D eigenvalue weighted by Crippen LogP contribution is -2.63. The lowest BCUT2D eigenvalue weighted by Gasteiger charge is -2.34. The van der Waals surface area contributed by atoms with E-state index >= 15 is 0 Å². The van der Waals surface area contributed by atoms with Gasteiger partial charge >= 0.3 is 0 Å². The quantitative estimate of drug-likeness (QED) is 0.0415. The minimum Gasteiger partial charge on any atom is -0.382 e. The van der Waals surface area contributed by atoms with Gasteiger partial charge < -0.3 is 15.3 Å². The molecular weight excluding hydrogens is 781 g/mol. The van der Waals surface area contributed by atoms with Crippen molar-refractivity contribution in [1.82, 2.24) is 0 Å². The SMILES string of the molecule is CCCCC/C=C\C/C=C\CCCCCCCC(=O)C(O)C(O)(C(=O)CCCCCCC/C=C\CCCCCCCC)C(O)C(=O)CCCCCCC/C=C\C/C=C\CCCCC. The van der Waals surface area contributed by atoms with Gasteiger partial charge in [-0.2, -0.15) is 0 Å². The highest BCUT2D eigenvalue weighted by molar-refractivity contribution is 6.01. The topological polar surface area (TPSA) is 112 Å². The van der Waals surface area contributed by atoms with Crippen LogP contribution >= 0.6 is 0 Å². The highest BCUT2D eigenvalue weighted by atomic mass is 16.4. The molecule has 6 nitrogen and oxygen atoms in total. The zero-order chi connectivity index (χ0) is 46.3. The first kappa shape index (κ1) is 60.6. The van der Waals surface area contributed by atoms with E-state index in [1.54, 1.807) is 0 Å². The number of hydrogen-bond acceptors (Lipinski definition) is 6. The van der Waals surface area contributed by atoms with Crippen LogP contribution in [0.4, 0.5) is 0 Å². The molecule has 0 fully saturated rings. The van der Waals surface area contributed by atoms with Crippen LogP contribution in [0.25, 0.3) is 0 Å². The van der Waals surface area contributed by atoms with Crippen molar-refractivity contribution in [2.45, 2.75) is 283 Å². The van der Waals surface area contributed by atoms with Gasteiger partial charge in [-0.05, 0) is 109 Å². The standard InChI is InChI=1S/C57H100O6/c1-4-7-10-13-16-19-22-25-28-31-34-37-40-43-46-49-52(58)55(61)57(63,54(60)51-48-45-42-39-36-33-30-27-24-21-18-15-12-9-6-3)56(62)53(59)50-47-44-41-38-35-32-29-26-23-20-17-14-11-8-5-2/h16-17,19-20,25-30,55-56,61-63H,4-15,18,21-24,31-51H2,1-3H3/b19-16-,20-17-,28-25-,29-26-,30-27-. The van der Waals surface area contributed by atoms with Gasteiger partial charge in [0.1, 0.15) is 0 Å². The maximum atomic E-state index is 13.6. The fourth-order valence-corrected chi connectivity index (χ4v) is 8.00. The van der Waals surface area contributed by atoms with E-state index in [9.17, 15) is 29.7 Å². The number of aliphatic hydroxyl groups excluding tert-OH is 2. The summed E-state index contributed by atoms with van der Waals surface area (Å²) in [7, 11) is 0. The second-order valence-corrected chi connectivity index (χ2v) is 18.3. The summed E-state index contributed by atoms with van der Waals surface area (Å²) in [6, 6.07) is 0. The fourth-order valence-electron chi connectivity index (χ4n) is 8.00. The zero-order valence-electron chi connectivity index (χ0n) is 41.4. The minimum absolute atomic E-state index is 0.0134. The molecule has 63 heavy (non-hydrogen) atoms. The lowest BCUT2D eigenvalue weighted by atomic mass is 9.78. The largest absolute Gasteiger partial charge is 0.382 e. The van der Waals surface area contributed by atoms with E-state index < -0.39 is 35.2 Å². The predicted octanol–water partition coefficient (Wildman–Crippen LogP) is 15.8. The summed E-state index contributed by atoms with van der Waals surface area (Å²) in [4.78, 5) is 40.1. The van der Waals surface area contributed by atoms with Crippen molar-refractivity contribution in [3.8, 4) is 0 Å². The molecule has 0 aromatic carbocycles. The molecule has 0 aromatic heterocycles. The average Bonchev–Trinajstić information content (AvgIpc) is 3.29. The first-order valence-electron chi connectivity index (χ1n) is 26.7. The van der Waals surface area contributed by atoms with E-state index in [1.165, 1.54) is 77.0 Å². The summed E-state index contributed by atoms with van der Waals surface area (Å²) >= 11 is 0. The van der Waals surface area contributed by atoms with Gasteiger partial charge in [-0.25, -0.2) is 0 Å². The Bertz CT molecular complexity index is 1150. The third-order valence-electron chi connectivity index (χ3n) is 12.3. The molecule has 0 aliphatic heterocycles. The van der Waals surface area contributed by atoms with E-state index in [1.807, 2.05) is 0 Å². The van der Waals surface area contributed by atoms with Crippen LogP contribution in [-0.2, 0) is 14.4 Å². The van der Waals surface area contributed by atoms with Gasteiger partial charge in [0.15, 0.2) is 35.2 Å². The van der Waals surface area contributed by atoms with Gasteiger partial charge in [-0.1, -0.05) is 197 Å². The Morgan fingerprint density at radius 3 is 0.921 bits per heavy atom. The molecule has 3 N–H and O–H groups in total. The van der Waals surface area contributed by atoms with Gasteiger partial charge in [0, 0.05) is 19.3 Å². The number of ketones is 3. The molecule has 6 heteroatoms. The van der Waals surface area contributed by atoms with E-state index in [-0.39, 0.29) is 19.3 Å². The Balaban J connectivity index is 4.89. The summed E-state index contributed by atoms with van der Waals surface area (Å²) in [5, 5.41) is 34.1. The number of hydrogen-bond donors (Lipinski definition) is 3. The van der Waals surface area contributed by atoms with Crippen LogP contribution in [0.1, 0.15) is 265 Å². The third kappa shape index (κ3) is 35.5. The van der Waals surface area contributed by atoms with Crippen molar-refractivity contribution in [1.29, 1.82) is 0 Å². The highest BCUT2D eigenvalue weighted by Crippen LogP contribution is 2.26. The maximum absolute atomic E-state index is 13.6. The van der Waals surface area contributed by atoms with Crippen LogP contribution in [-0.4, -0.2) is 50.5 Å². The van der Waals surface area contributed by atoms with Crippen molar-refractivity contribution in [2.24, 2.45) is 0 Å². The lowest BCUT2D eigenvalue weighted by molar-refractivity contribution is -0.181. The van der Waals surface area contributed by atoms with Gasteiger partial charge in [0.25, 0.3) is 0 Å². The molecule has 364 valence electrons. The Hall–Kier alpha value is -2.41. The van der Waals surface area contributed by atoms with E-state index in [0.29, 0.717) is 19.3 Å². The van der Waals surface area contributed by atoms with E-state index in [0.717, 1.165) is 128 Å². The monoisotopic (exact) mass is 881 g/mol. The number of allylic oxidation sites excluding steroid dienone is 10. The number of unbranched alkanes of at least 4 members (excludes halogenated alkanes) is 27. The summed E-state index contributed by atoms with van der Waals surface area (Å²) in [5.41, 5.74) is -2.83. The van der Waals surface area contributed by atoms with Crippen molar-refractivity contribution in [3.63, 3.8) is 0 Å². The Labute approximate surface area is 389 Å². The van der Waals surface area contributed by atoms with Gasteiger partial charge in [0.05, 0.1) is 0 Å². The Morgan fingerprint density at radius 2 is 0.587 bits per heavy atom. The number of carbonyl (C=O) groups excluding carboxylic acids is 3. The first-order valence-corrected chi connectivity index (χ1v) is 26.7. The van der Waals surface area contributed by atoms with Crippen LogP contribution in [0.3, 0.4) is 0 Å². The van der Waals surface area contributed by atoms with Gasteiger partial charge in [-0.3, -0.25) is 14.4 Å². The van der Waals surface area contributed by atoms with Crippen molar-refractivity contribution in [2.75, 3.05) is 0 Å². The molecule has 0 aliphatic carbocycles. The maximum Gasteiger partial charge on any atom is 0.189 e. The molecule has 0 spiro atoms. The first-order chi connectivity index (χ1) is 30.8. The van der Waals surface area contributed by atoms with Gasteiger partial charge in [-0.15, -0.1) is 0 Å². The number of rotatable bonds is 48. The van der Waals surface area contributed by atoms with Crippen LogP contribution in [0.2, 0.25) is 0 Å². The molecule has 0 aromatic rings. The number of aliphatic hydroxyl groups is 3. The molecular formula is C57H100O6. The van der Waals surface area contributed by atoms with Crippen molar-refractivity contribution in [3.05, 3.63) is 60.8 Å². The summed E-state index contributed by atoms with van der Waals surface area (Å²) < 4.78 is 0. The molecule has 0 heterocycles. The molecule has 2 atom stereocenters. The van der Waals surface area contributed by atoms with Crippen LogP contribution in [0, 0.1) is 0 Å². The van der Waals surface area contributed by atoms with Crippen LogP contribution in [0.5, 0.6) is 0 Å². The summed E-state index contributed by atoms with van der Waals surface area (Å²) in [6.07, 6.45) is 55.0. The Morgan fingerprint density at radius 1 is 0.349 bits per heavy atom. The summed E-state index contributed by atoms with van der Waals surface area (Å²) in [5.74, 6) is -2.20. The molecule has 0 amide bonds. The molecule has 2 unspecified atom stereocenters. The van der Waals surface area contributed by atoms with Crippen LogP contribution < -0.4 is 0 Å². The second-order valence-electron chi connectivity index (χ2n) is 18.3. The number of Topliss-reactive ketones (excluding diaryl/α,β-unsaturated/α-hetero) is 3. The normalized spacial score (nSPS) is 14.3. The molecule has 0 rings (SSSR count). The van der Waals surface area contributed by atoms with E-state index in [4.69, 9.17) is 0 Å². The average molecular weight is 881 g/mol. The zero-order valence-corrected chi connectivity index (χ0v) is 41.4. The molecule has 0 aliphatic rings. The molecule has 0 saturated heterocycles. The predicted molar refractivity (Wildman–Crippen MR) is 270 cm³/mol. The molecule has 0 bridgehead atoms. The van der Waals surface area contributed by atoms with Crippen molar-refractivity contribution < 1.29 is 29.7 Å². The molecule has 0 radical (unpaired) electrons.